The molecule has 0 bridgehead atoms. The van der Waals surface area contributed by atoms with Crippen LogP contribution >= 0.6 is 0 Å². The number of hydrogen-bond acceptors (Lipinski definition) is 14. The smallest absolute Gasteiger partial charge is 0.302 e. The van der Waals surface area contributed by atoms with Crippen molar-refractivity contribution in [2.75, 3.05) is 40.0 Å². The Morgan fingerprint density at radius 2 is 1.56 bits per heavy atom. The number of halogens is 1. The second kappa shape index (κ2) is 24.1. The third kappa shape index (κ3) is 12.9. The van der Waals surface area contributed by atoms with Crippen molar-refractivity contribution < 1.29 is 62.1 Å². The number of hydrogen-bond donors (Lipinski definition) is 6. The number of pyridine rings is 2. The summed E-state index contributed by atoms with van der Waals surface area (Å²) >= 11 is 0. The van der Waals surface area contributed by atoms with Crippen LogP contribution in [-0.4, -0.2) is 130 Å². The van der Waals surface area contributed by atoms with E-state index >= 15 is 4.39 Å². The molecular formula is C52H58FN9O13. The highest BCUT2D eigenvalue weighted by Crippen LogP contribution is 2.46. The number of rotatable bonds is 23. The van der Waals surface area contributed by atoms with Crippen LogP contribution in [0.1, 0.15) is 85.4 Å². The number of nitrogens with zero attached hydrogens (tertiary/aromatic N) is 4. The molecule has 0 saturated heterocycles. The molecule has 4 aromatic rings. The van der Waals surface area contributed by atoms with Crippen molar-refractivity contribution in [3.8, 4) is 17.1 Å². The topological polar surface area (TPSA) is 294 Å². The van der Waals surface area contributed by atoms with Gasteiger partial charge < -0.3 is 50.6 Å². The zero-order valence-corrected chi connectivity index (χ0v) is 41.8. The number of nitrogens with one attached hydrogen (secondary N) is 5. The van der Waals surface area contributed by atoms with E-state index in [4.69, 9.17) is 14.5 Å². The second-order valence-corrected chi connectivity index (χ2v) is 18.4. The molecule has 22 nitrogen and oxygen atoms in total. The molecule has 0 spiro atoms. The molecule has 75 heavy (non-hydrogen) atoms. The lowest BCUT2D eigenvalue weighted by molar-refractivity contribution is -0.145. The summed E-state index contributed by atoms with van der Waals surface area (Å²) < 4.78 is 27.5. The van der Waals surface area contributed by atoms with E-state index in [2.05, 4.69) is 26.6 Å². The molecule has 0 radical (unpaired) electrons. The van der Waals surface area contributed by atoms with Gasteiger partial charge in [-0.05, 0) is 61.8 Å². The van der Waals surface area contributed by atoms with Crippen LogP contribution in [0, 0.1) is 12.7 Å². The first-order valence-corrected chi connectivity index (χ1v) is 24.4. The molecule has 3 aliphatic rings. The van der Waals surface area contributed by atoms with E-state index in [1.807, 2.05) is 0 Å². The summed E-state index contributed by atoms with van der Waals surface area (Å²) in [4.78, 5) is 134. The number of carbonyl (C=O) groups excluding carboxylic acids is 9. The largest absolute Gasteiger partial charge is 0.507 e. The predicted octanol–water partition coefficient (Wildman–Crippen LogP) is 1.13. The quantitative estimate of drug-likeness (QED) is 0.0232. The molecule has 0 unspecified atom stereocenters. The van der Waals surface area contributed by atoms with Gasteiger partial charge in [0.05, 0.1) is 54.7 Å². The molecule has 3 atom stereocenters. The van der Waals surface area contributed by atoms with Crippen LogP contribution in [0.4, 0.5) is 4.39 Å². The van der Waals surface area contributed by atoms with Gasteiger partial charge in [0.25, 0.3) is 23.3 Å². The van der Waals surface area contributed by atoms with Gasteiger partial charge in [-0.25, -0.2) is 9.37 Å². The number of aryl methyl sites for hydroxylation is 1. The number of unbranched alkanes of at least 4 members (excludes halogenated alkanes) is 2. The Labute approximate surface area is 429 Å². The molecule has 2 aromatic carbocycles. The van der Waals surface area contributed by atoms with E-state index < -0.39 is 110 Å². The number of fused-ring (bicyclic) bond motifs is 4. The van der Waals surface area contributed by atoms with Crippen molar-refractivity contribution in [1.82, 2.24) is 45.9 Å². The van der Waals surface area contributed by atoms with Gasteiger partial charge in [0, 0.05) is 68.6 Å². The van der Waals surface area contributed by atoms with E-state index in [1.54, 1.807) is 44.3 Å². The first-order valence-electron chi connectivity index (χ1n) is 24.4. The summed E-state index contributed by atoms with van der Waals surface area (Å²) in [6.45, 7) is 2.27. The lowest BCUT2D eigenvalue weighted by Crippen LogP contribution is -2.52. The summed E-state index contributed by atoms with van der Waals surface area (Å²) in [7, 11) is 1.59. The zero-order chi connectivity index (χ0) is 54.1. The van der Waals surface area contributed by atoms with Crippen molar-refractivity contribution in [1.29, 1.82) is 0 Å². The Hall–Kier alpha value is -8.34. The van der Waals surface area contributed by atoms with Gasteiger partial charge in [-0.15, -0.1) is 0 Å². The van der Waals surface area contributed by atoms with Gasteiger partial charge in [0.2, 0.25) is 29.5 Å². The first kappa shape index (κ1) is 54.4. The number of likely N-dealkylation sites (N-methyl/N-ethyl adjacent to an activating group) is 1. The van der Waals surface area contributed by atoms with E-state index in [9.17, 15) is 53.1 Å². The Kier molecular flexibility index (Phi) is 17.5. The van der Waals surface area contributed by atoms with Crippen LogP contribution in [-0.2, 0) is 78.6 Å². The fraction of sp³-hybridized carbons (Fsp3) is 0.404. The van der Waals surface area contributed by atoms with Crippen molar-refractivity contribution in [2.45, 2.75) is 97.1 Å². The maximum Gasteiger partial charge on any atom is 0.302 e. The maximum absolute atomic E-state index is 15.3. The first-order chi connectivity index (χ1) is 35.8. The highest BCUT2D eigenvalue weighted by atomic mass is 19.1. The number of aromatic hydroxyl groups is 1. The average molecular weight is 1040 g/mol. The molecule has 2 aliphatic heterocycles. The van der Waals surface area contributed by atoms with Crippen LogP contribution in [0.5, 0.6) is 5.75 Å². The average Bonchev–Trinajstić information content (AvgIpc) is 3.92. The third-order valence-electron chi connectivity index (χ3n) is 13.3. The molecule has 23 heteroatoms. The van der Waals surface area contributed by atoms with Crippen molar-refractivity contribution in [3.05, 3.63) is 104 Å². The van der Waals surface area contributed by atoms with E-state index in [0.29, 0.717) is 71.0 Å². The molecule has 396 valence electrons. The maximum atomic E-state index is 15.3. The minimum absolute atomic E-state index is 0.0121. The Balaban J connectivity index is 0.894. The fourth-order valence-electron chi connectivity index (χ4n) is 9.31. The second-order valence-electron chi connectivity index (χ2n) is 18.4. The van der Waals surface area contributed by atoms with Crippen LogP contribution in [0.3, 0.4) is 0 Å². The molecule has 1 aliphatic carbocycles. The minimum Gasteiger partial charge on any atom is -0.507 e. The lowest BCUT2D eigenvalue weighted by atomic mass is 9.81. The molecule has 0 fully saturated rings. The molecule has 0 saturated carbocycles. The van der Waals surface area contributed by atoms with Gasteiger partial charge in [0.1, 0.15) is 37.1 Å². The number of esters is 1. The van der Waals surface area contributed by atoms with Crippen molar-refractivity contribution in [3.63, 3.8) is 0 Å². The fourth-order valence-corrected chi connectivity index (χ4v) is 9.31. The molecular weight excluding hydrogens is 978 g/mol. The lowest BCUT2D eigenvalue weighted by Gasteiger charge is -2.36. The van der Waals surface area contributed by atoms with Crippen molar-refractivity contribution in [2.24, 2.45) is 0 Å². The molecule has 6 N–H and O–H groups in total. The third-order valence-corrected chi connectivity index (χ3v) is 13.3. The summed E-state index contributed by atoms with van der Waals surface area (Å²) in [5.74, 6) is -5.88. The zero-order valence-electron chi connectivity index (χ0n) is 41.8. The van der Waals surface area contributed by atoms with Gasteiger partial charge >= 0.3 is 5.97 Å². The normalized spacial score (nSPS) is 14.9. The van der Waals surface area contributed by atoms with Gasteiger partial charge in [-0.1, -0.05) is 36.8 Å². The summed E-state index contributed by atoms with van der Waals surface area (Å²) in [6.07, 6.45) is 3.77. The van der Waals surface area contributed by atoms with E-state index in [0.717, 1.165) is 10.5 Å². The van der Waals surface area contributed by atoms with Crippen LogP contribution in [0.15, 0.2) is 59.4 Å². The molecule has 4 heterocycles. The van der Waals surface area contributed by atoms with Crippen molar-refractivity contribution >= 4 is 64.1 Å². The minimum atomic E-state index is -1.17. The summed E-state index contributed by atoms with van der Waals surface area (Å²) in [5.41, 5.74) is 3.29. The van der Waals surface area contributed by atoms with Gasteiger partial charge in [-0.3, -0.25) is 52.8 Å². The number of aromatic nitrogens is 2. The standard InChI is InChI=1S/C52H58FN9O13/c1-28-32-14-15-38(48-33-25-62-39(49(33)59-36(47(32)48)20-35(28)53)21-40(64)34(52(62)73)26-74-30(3)63)60(4)51(72)29(2)75-27-57-43(67)23-56-50(71)37(19-31-11-7-5-8-12-31)58-44(68)24-55-42(66)22-54-41(65)13-9-6-10-18-61-45(69)16-17-46(61)70/h5,7-8,11-12,16-17,20-21,29,37-38,64H,6,9-10,13-15,18-19,22-27H2,1-4H3,(H,54,65)(H,55,66)(H,56,71)(H,57,67)(H,58,68)/t29-,37-,38-/m0/s1. The van der Waals surface area contributed by atoms with E-state index in [1.165, 1.54) is 47.6 Å². The Morgan fingerprint density at radius 1 is 0.880 bits per heavy atom. The predicted molar refractivity (Wildman–Crippen MR) is 265 cm³/mol. The Bertz CT molecular complexity index is 3030. The number of amides is 8. The van der Waals surface area contributed by atoms with Gasteiger partial charge in [0.15, 0.2) is 0 Å². The van der Waals surface area contributed by atoms with Crippen LogP contribution < -0.4 is 32.1 Å². The van der Waals surface area contributed by atoms with Crippen LogP contribution in [0.25, 0.3) is 22.3 Å². The van der Waals surface area contributed by atoms with Gasteiger partial charge in [-0.2, -0.15) is 0 Å². The monoisotopic (exact) mass is 1040 g/mol. The number of imide groups is 1. The number of carbonyl (C=O) groups is 9. The molecule has 8 amide bonds. The van der Waals surface area contributed by atoms with Crippen LogP contribution in [0.2, 0.25) is 0 Å². The molecule has 7 rings (SSSR count). The highest BCUT2D eigenvalue weighted by molar-refractivity contribution is 6.12. The number of benzene rings is 2. The Morgan fingerprint density at radius 3 is 2.28 bits per heavy atom. The highest BCUT2D eigenvalue weighted by Gasteiger charge is 2.38. The summed E-state index contributed by atoms with van der Waals surface area (Å²) in [5, 5.41) is 23.9. The molecule has 2 aromatic heterocycles. The number of ether oxygens (including phenoxy) is 2. The van der Waals surface area contributed by atoms with E-state index in [-0.39, 0.29) is 49.0 Å². The summed E-state index contributed by atoms with van der Waals surface area (Å²) in [6, 6.07) is 9.65. The SMILES string of the molecule is CC(=O)OCc1c(O)cc2n(c1=O)Cc1c-2nc2cc(F)c(C)c3c2c1[C@@H](N(C)C(=O)[C@H](C)OCNC(=O)CNC(=O)[C@H](Cc1ccccc1)NC(=O)CNC(=O)CNC(=O)CCCCCN1C(=O)C=CC1=O)CC3.